The lowest BCUT2D eigenvalue weighted by Crippen LogP contribution is -2.24. The van der Waals surface area contributed by atoms with E-state index in [4.69, 9.17) is 9.84 Å². The van der Waals surface area contributed by atoms with Crippen molar-refractivity contribution in [1.82, 2.24) is 0 Å². The summed E-state index contributed by atoms with van der Waals surface area (Å²) in [7, 11) is 0. The Morgan fingerprint density at radius 1 is 0.913 bits per heavy atom. The van der Waals surface area contributed by atoms with Gasteiger partial charge in [0.1, 0.15) is 11.6 Å². The Hall–Kier alpha value is -1.98. The summed E-state index contributed by atoms with van der Waals surface area (Å²) in [6, 6.07) is 9.48. The Morgan fingerprint density at radius 2 is 1.48 bits per heavy atom. The molecule has 0 radical (unpaired) electrons. The lowest BCUT2D eigenvalue weighted by atomic mass is 10.0. The third kappa shape index (κ3) is 3.51. The zero-order valence-electron chi connectivity index (χ0n) is 12.8. The number of benzene rings is 2. The zero-order chi connectivity index (χ0) is 16.2. The van der Waals surface area contributed by atoms with E-state index in [1.165, 1.54) is 12.1 Å². The van der Waals surface area contributed by atoms with E-state index in [-0.39, 0.29) is 24.8 Å². The van der Waals surface area contributed by atoms with Crippen molar-refractivity contribution in [3.63, 3.8) is 0 Å². The molecule has 3 nitrogen and oxygen atoms in total. The van der Waals surface area contributed by atoms with Crippen LogP contribution < -0.4 is 4.90 Å². The van der Waals surface area contributed by atoms with Crippen molar-refractivity contribution in [2.75, 3.05) is 31.3 Å². The molecule has 5 heteroatoms. The lowest BCUT2D eigenvalue weighted by molar-refractivity contribution is 0.0975. The molecule has 1 aliphatic rings. The Balaban J connectivity index is 1.96. The first-order chi connectivity index (χ1) is 11.2. The second-order valence-electron chi connectivity index (χ2n) is 5.53. The molecule has 0 amide bonds. The Bertz CT molecular complexity index is 637. The van der Waals surface area contributed by atoms with Crippen LogP contribution in [0.4, 0.5) is 20.2 Å². The number of hydrogen-bond donors (Lipinski definition) is 1. The number of fused-ring (bicyclic) bond motifs is 2. The van der Waals surface area contributed by atoms with E-state index in [1.54, 1.807) is 24.3 Å². The van der Waals surface area contributed by atoms with Gasteiger partial charge < -0.3 is 14.7 Å². The van der Waals surface area contributed by atoms with Gasteiger partial charge in [0.2, 0.25) is 0 Å². The monoisotopic (exact) mass is 319 g/mol. The molecule has 0 unspecified atom stereocenters. The summed E-state index contributed by atoms with van der Waals surface area (Å²) in [6.07, 6.45) is 1.33. The van der Waals surface area contributed by atoms with Crippen molar-refractivity contribution in [1.29, 1.82) is 0 Å². The average molecular weight is 319 g/mol. The Labute approximate surface area is 134 Å². The van der Waals surface area contributed by atoms with Crippen molar-refractivity contribution in [3.8, 4) is 0 Å². The minimum atomic E-state index is -0.266. The number of rotatable bonds is 5. The van der Waals surface area contributed by atoms with E-state index >= 15 is 0 Å². The van der Waals surface area contributed by atoms with Crippen LogP contribution in [-0.4, -0.2) is 31.5 Å². The molecule has 2 aromatic rings. The average Bonchev–Trinajstić information content (AvgIpc) is 2.68. The molecule has 0 bridgehead atoms. The second-order valence-corrected chi connectivity index (χ2v) is 5.53. The maximum Gasteiger partial charge on any atom is 0.123 e. The van der Waals surface area contributed by atoms with Crippen LogP contribution >= 0.6 is 0 Å². The number of aliphatic hydroxyl groups is 1. The van der Waals surface area contributed by atoms with Gasteiger partial charge in [-0.25, -0.2) is 8.78 Å². The highest BCUT2D eigenvalue weighted by atomic mass is 19.1. The van der Waals surface area contributed by atoms with Crippen molar-refractivity contribution in [2.45, 2.75) is 12.8 Å². The molecule has 0 atom stereocenters. The highest BCUT2D eigenvalue weighted by Gasteiger charge is 2.21. The third-order valence-electron chi connectivity index (χ3n) is 4.02. The maximum atomic E-state index is 13.6. The normalized spacial score (nSPS) is 13.4. The number of anilines is 2. The van der Waals surface area contributed by atoms with Gasteiger partial charge in [0.15, 0.2) is 0 Å². The highest BCUT2D eigenvalue weighted by Crippen LogP contribution is 2.36. The minimum absolute atomic E-state index is 0.0242. The van der Waals surface area contributed by atoms with Crippen molar-refractivity contribution in [3.05, 3.63) is 59.2 Å². The molecule has 122 valence electrons. The molecular formula is C18H19F2NO2. The minimum Gasteiger partial charge on any atom is -0.394 e. The van der Waals surface area contributed by atoms with E-state index in [9.17, 15) is 8.78 Å². The summed E-state index contributed by atoms with van der Waals surface area (Å²) in [5.74, 6) is -0.533. The number of hydrogen-bond acceptors (Lipinski definition) is 3. The Kier molecular flexibility index (Phi) is 4.88. The molecule has 0 spiro atoms. The van der Waals surface area contributed by atoms with Gasteiger partial charge >= 0.3 is 0 Å². The number of ether oxygens (including phenoxy) is 1. The molecule has 23 heavy (non-hydrogen) atoms. The number of aryl methyl sites for hydroxylation is 2. The van der Waals surface area contributed by atoms with Crippen LogP contribution in [0.3, 0.4) is 0 Å². The first-order valence-electron chi connectivity index (χ1n) is 7.72. The first-order valence-corrected chi connectivity index (χ1v) is 7.72. The van der Waals surface area contributed by atoms with Gasteiger partial charge in [0.25, 0.3) is 0 Å². The van der Waals surface area contributed by atoms with Gasteiger partial charge in [-0.15, -0.1) is 0 Å². The van der Waals surface area contributed by atoms with Gasteiger partial charge in [0, 0.05) is 17.9 Å². The van der Waals surface area contributed by atoms with Crippen LogP contribution in [0.1, 0.15) is 11.1 Å². The van der Waals surface area contributed by atoms with Crippen LogP contribution in [-0.2, 0) is 17.6 Å². The smallest absolute Gasteiger partial charge is 0.123 e. The van der Waals surface area contributed by atoms with Crippen LogP contribution in [0.5, 0.6) is 0 Å². The summed E-state index contributed by atoms with van der Waals surface area (Å²) in [5.41, 5.74) is 3.65. The molecule has 2 aromatic carbocycles. The Morgan fingerprint density at radius 3 is 2.00 bits per heavy atom. The lowest BCUT2D eigenvalue weighted by Gasteiger charge is -2.27. The summed E-state index contributed by atoms with van der Waals surface area (Å²) in [4.78, 5) is 2.04. The molecule has 1 N–H and O–H groups in total. The summed E-state index contributed by atoms with van der Waals surface area (Å²) < 4.78 is 32.5. The molecule has 1 aliphatic heterocycles. The first kappa shape index (κ1) is 15.9. The van der Waals surface area contributed by atoms with E-state index in [1.807, 2.05) is 4.90 Å². The van der Waals surface area contributed by atoms with Crippen LogP contribution in [0.25, 0.3) is 0 Å². The topological polar surface area (TPSA) is 32.7 Å². The standard InChI is InChI=1S/C18H19F2NO2/c19-15-3-5-17-13(11-15)1-2-14-12-16(20)4-6-18(14)21(17)7-9-23-10-8-22/h3-6,11-12,22H,1-2,7-10H2. The molecule has 0 aliphatic carbocycles. The van der Waals surface area contributed by atoms with Gasteiger partial charge in [0.05, 0.1) is 19.8 Å². The predicted molar refractivity (Wildman–Crippen MR) is 85.1 cm³/mol. The van der Waals surface area contributed by atoms with Crippen molar-refractivity contribution in [2.24, 2.45) is 0 Å². The fourth-order valence-electron chi connectivity index (χ4n) is 3.00. The summed E-state index contributed by atoms with van der Waals surface area (Å²) in [5, 5.41) is 8.80. The second kappa shape index (κ2) is 7.06. The molecule has 0 aromatic heterocycles. The maximum absolute atomic E-state index is 13.6. The van der Waals surface area contributed by atoms with Crippen molar-refractivity contribution >= 4 is 11.4 Å². The van der Waals surface area contributed by atoms with Gasteiger partial charge in [-0.1, -0.05) is 0 Å². The predicted octanol–water partition coefficient (Wildman–Crippen LogP) is 3.21. The van der Waals surface area contributed by atoms with E-state index in [0.717, 1.165) is 22.5 Å². The van der Waals surface area contributed by atoms with Crippen LogP contribution in [0.15, 0.2) is 36.4 Å². The van der Waals surface area contributed by atoms with Gasteiger partial charge in [-0.05, 0) is 60.4 Å². The highest BCUT2D eigenvalue weighted by molar-refractivity contribution is 5.71. The quantitative estimate of drug-likeness (QED) is 0.859. The molecule has 0 saturated carbocycles. The van der Waals surface area contributed by atoms with E-state index < -0.39 is 0 Å². The van der Waals surface area contributed by atoms with Crippen LogP contribution in [0.2, 0.25) is 0 Å². The summed E-state index contributed by atoms with van der Waals surface area (Å²) >= 11 is 0. The molecule has 1 heterocycles. The van der Waals surface area contributed by atoms with E-state index in [0.29, 0.717) is 26.0 Å². The summed E-state index contributed by atoms with van der Waals surface area (Å²) in [6.45, 7) is 1.23. The van der Waals surface area contributed by atoms with E-state index in [2.05, 4.69) is 0 Å². The number of aliphatic hydroxyl groups excluding tert-OH is 1. The molecule has 0 saturated heterocycles. The fraction of sp³-hybridized carbons (Fsp3) is 0.333. The number of nitrogens with zero attached hydrogens (tertiary/aromatic N) is 1. The third-order valence-corrected chi connectivity index (χ3v) is 4.02. The SMILES string of the molecule is OCCOCCN1c2ccc(F)cc2CCc2cc(F)ccc21. The molecule has 0 fully saturated rings. The number of halogens is 2. The fourth-order valence-corrected chi connectivity index (χ4v) is 3.00. The van der Waals surface area contributed by atoms with Gasteiger partial charge in [-0.3, -0.25) is 0 Å². The van der Waals surface area contributed by atoms with Gasteiger partial charge in [-0.2, -0.15) is 0 Å². The van der Waals surface area contributed by atoms with Crippen molar-refractivity contribution < 1.29 is 18.6 Å². The van der Waals surface area contributed by atoms with Crippen LogP contribution in [0, 0.1) is 11.6 Å². The largest absolute Gasteiger partial charge is 0.394 e. The zero-order valence-corrected chi connectivity index (χ0v) is 12.8. The molecular weight excluding hydrogens is 300 g/mol. The molecule has 3 rings (SSSR count).